The van der Waals surface area contributed by atoms with E-state index in [1.165, 1.54) is 0 Å². The molecule has 2 saturated heterocycles. The van der Waals surface area contributed by atoms with Gasteiger partial charge < -0.3 is 15.0 Å². The van der Waals surface area contributed by atoms with Crippen LogP contribution in [0, 0.1) is 17.2 Å². The lowest BCUT2D eigenvalue weighted by atomic mass is 9.93. The van der Waals surface area contributed by atoms with Gasteiger partial charge in [-0.3, -0.25) is 14.5 Å². The summed E-state index contributed by atoms with van der Waals surface area (Å²) in [6.07, 6.45) is 3.83. The van der Waals surface area contributed by atoms with Crippen LogP contribution in [0.2, 0.25) is 0 Å². The smallest absolute Gasteiger partial charge is 0.253 e. The Balaban J connectivity index is 1.48. The second kappa shape index (κ2) is 10.4. The molecule has 2 heterocycles. The van der Waals surface area contributed by atoms with E-state index in [0.717, 1.165) is 51.9 Å². The van der Waals surface area contributed by atoms with E-state index in [9.17, 15) is 9.59 Å². The maximum atomic E-state index is 12.7. The van der Waals surface area contributed by atoms with Crippen LogP contribution < -0.4 is 5.32 Å². The maximum absolute atomic E-state index is 12.7. The van der Waals surface area contributed by atoms with Gasteiger partial charge >= 0.3 is 0 Å². The van der Waals surface area contributed by atoms with Gasteiger partial charge in [0.1, 0.15) is 0 Å². The van der Waals surface area contributed by atoms with Gasteiger partial charge in [-0.15, -0.1) is 0 Å². The molecule has 0 saturated carbocycles. The Labute approximate surface area is 172 Å². The summed E-state index contributed by atoms with van der Waals surface area (Å²) in [5.41, 5.74) is 1.19. The molecule has 0 aliphatic carbocycles. The molecule has 29 heavy (non-hydrogen) atoms. The number of ether oxygens (including phenoxy) is 1. The third kappa shape index (κ3) is 5.55. The molecule has 0 bridgehead atoms. The summed E-state index contributed by atoms with van der Waals surface area (Å²) in [5, 5.41) is 11.9. The Morgan fingerprint density at radius 3 is 2.55 bits per heavy atom. The average molecular weight is 399 g/mol. The number of rotatable bonds is 6. The minimum atomic E-state index is 0.0296. The molecule has 2 aliphatic rings. The third-order valence-corrected chi connectivity index (χ3v) is 5.96. The highest BCUT2D eigenvalue weighted by Crippen LogP contribution is 2.24. The second-order valence-electron chi connectivity index (χ2n) is 7.83. The number of nitrogens with one attached hydrogen (secondary N) is 1. The zero-order chi connectivity index (χ0) is 20.6. The first-order valence-corrected chi connectivity index (χ1v) is 10.4. The first-order chi connectivity index (χ1) is 14.1. The first kappa shape index (κ1) is 21.3. The van der Waals surface area contributed by atoms with Crippen molar-refractivity contribution >= 4 is 11.8 Å². The zero-order valence-corrected chi connectivity index (χ0v) is 17.1. The third-order valence-electron chi connectivity index (χ3n) is 5.96. The van der Waals surface area contributed by atoms with Gasteiger partial charge in [0.25, 0.3) is 5.91 Å². The Morgan fingerprint density at radius 2 is 1.90 bits per heavy atom. The van der Waals surface area contributed by atoms with Gasteiger partial charge in [0.2, 0.25) is 5.91 Å². The van der Waals surface area contributed by atoms with Crippen LogP contribution in [-0.4, -0.2) is 74.1 Å². The number of nitrogens with zero attached hydrogens (tertiary/aromatic N) is 3. The standard InChI is InChI=1S/C22H30N4O3/c1-29-14-10-24-21(27)19-3-2-11-26(16-19)20-8-12-25(13-9-20)22(28)18-6-4-17(15-23)5-7-18/h4-7,19-20H,2-3,8-14,16H2,1H3,(H,24,27). The molecule has 2 aliphatic heterocycles. The summed E-state index contributed by atoms with van der Waals surface area (Å²) in [4.78, 5) is 29.4. The van der Waals surface area contributed by atoms with Crippen LogP contribution in [0.5, 0.6) is 0 Å². The summed E-state index contributed by atoms with van der Waals surface area (Å²) in [6.45, 7) is 4.37. The van der Waals surface area contributed by atoms with Gasteiger partial charge in [-0.1, -0.05) is 0 Å². The number of piperidine rings is 2. The quantitative estimate of drug-likeness (QED) is 0.737. The van der Waals surface area contributed by atoms with E-state index in [1.54, 1.807) is 31.4 Å². The largest absolute Gasteiger partial charge is 0.383 e. The molecular weight excluding hydrogens is 368 g/mol. The van der Waals surface area contributed by atoms with Gasteiger partial charge in [0.05, 0.1) is 24.2 Å². The molecular formula is C22H30N4O3. The van der Waals surface area contributed by atoms with E-state index in [2.05, 4.69) is 16.3 Å². The molecule has 1 N–H and O–H groups in total. The fourth-order valence-electron chi connectivity index (χ4n) is 4.28. The van der Waals surface area contributed by atoms with Gasteiger partial charge in [-0.25, -0.2) is 0 Å². The Hall–Kier alpha value is -2.43. The highest BCUT2D eigenvalue weighted by atomic mass is 16.5. The van der Waals surface area contributed by atoms with Crippen LogP contribution in [0.15, 0.2) is 24.3 Å². The Bertz CT molecular complexity index is 735. The fourth-order valence-corrected chi connectivity index (χ4v) is 4.28. The van der Waals surface area contributed by atoms with Crippen molar-refractivity contribution in [2.24, 2.45) is 5.92 Å². The number of carbonyl (C=O) groups is 2. The molecule has 7 nitrogen and oxygen atoms in total. The number of hydrogen-bond acceptors (Lipinski definition) is 5. The molecule has 0 spiro atoms. The fraction of sp³-hybridized carbons (Fsp3) is 0.591. The summed E-state index contributed by atoms with van der Waals surface area (Å²) in [5.74, 6) is 0.195. The molecule has 2 amide bonds. The second-order valence-corrected chi connectivity index (χ2v) is 7.83. The molecule has 2 fully saturated rings. The van der Waals surface area contributed by atoms with Crippen LogP contribution in [-0.2, 0) is 9.53 Å². The van der Waals surface area contributed by atoms with Crippen LogP contribution in [0.25, 0.3) is 0 Å². The van der Waals surface area contributed by atoms with Gasteiger partial charge in [-0.05, 0) is 56.5 Å². The number of likely N-dealkylation sites (tertiary alicyclic amines) is 2. The van der Waals surface area contributed by atoms with Crippen molar-refractivity contribution in [3.63, 3.8) is 0 Å². The molecule has 1 aromatic rings. The summed E-state index contributed by atoms with van der Waals surface area (Å²) in [6, 6.07) is 9.33. The normalized spacial score (nSPS) is 20.8. The van der Waals surface area contributed by atoms with Crippen molar-refractivity contribution in [3.8, 4) is 6.07 Å². The molecule has 0 aromatic heterocycles. The number of amides is 2. The summed E-state index contributed by atoms with van der Waals surface area (Å²) >= 11 is 0. The predicted octanol–water partition coefficient (Wildman–Crippen LogP) is 1.64. The lowest BCUT2D eigenvalue weighted by Gasteiger charge is -2.42. The van der Waals surface area contributed by atoms with Crippen molar-refractivity contribution in [2.45, 2.75) is 31.7 Å². The van der Waals surface area contributed by atoms with E-state index in [0.29, 0.717) is 30.3 Å². The van der Waals surface area contributed by atoms with Crippen molar-refractivity contribution in [1.29, 1.82) is 5.26 Å². The van der Waals surface area contributed by atoms with Gasteiger partial charge in [-0.2, -0.15) is 5.26 Å². The van der Waals surface area contributed by atoms with Crippen LogP contribution in [0.4, 0.5) is 0 Å². The van der Waals surface area contributed by atoms with E-state index in [1.807, 2.05) is 4.90 Å². The van der Waals surface area contributed by atoms with Crippen LogP contribution >= 0.6 is 0 Å². The van der Waals surface area contributed by atoms with Crippen molar-refractivity contribution in [1.82, 2.24) is 15.1 Å². The number of carbonyl (C=O) groups excluding carboxylic acids is 2. The molecule has 0 radical (unpaired) electrons. The van der Waals surface area contributed by atoms with E-state index in [-0.39, 0.29) is 17.7 Å². The lowest BCUT2D eigenvalue weighted by molar-refractivity contribution is -0.127. The minimum absolute atomic E-state index is 0.0296. The Kier molecular flexibility index (Phi) is 7.62. The highest BCUT2D eigenvalue weighted by molar-refractivity contribution is 5.94. The van der Waals surface area contributed by atoms with Gasteiger partial charge in [0, 0.05) is 44.9 Å². The van der Waals surface area contributed by atoms with Crippen molar-refractivity contribution in [3.05, 3.63) is 35.4 Å². The number of methoxy groups -OCH3 is 1. The topological polar surface area (TPSA) is 85.7 Å². The van der Waals surface area contributed by atoms with Gasteiger partial charge in [0.15, 0.2) is 0 Å². The average Bonchev–Trinajstić information content (AvgIpc) is 2.79. The minimum Gasteiger partial charge on any atom is -0.383 e. The van der Waals surface area contributed by atoms with E-state index < -0.39 is 0 Å². The van der Waals surface area contributed by atoms with Crippen LogP contribution in [0.1, 0.15) is 41.6 Å². The first-order valence-electron chi connectivity index (χ1n) is 10.4. The number of benzene rings is 1. The van der Waals surface area contributed by atoms with Crippen LogP contribution in [0.3, 0.4) is 0 Å². The molecule has 7 heteroatoms. The van der Waals surface area contributed by atoms with E-state index in [4.69, 9.17) is 10.00 Å². The zero-order valence-electron chi connectivity index (χ0n) is 17.1. The van der Waals surface area contributed by atoms with Crippen molar-refractivity contribution < 1.29 is 14.3 Å². The van der Waals surface area contributed by atoms with E-state index >= 15 is 0 Å². The predicted molar refractivity (Wildman–Crippen MR) is 109 cm³/mol. The monoisotopic (exact) mass is 398 g/mol. The SMILES string of the molecule is COCCNC(=O)C1CCCN(C2CCN(C(=O)c3ccc(C#N)cc3)CC2)C1. The number of hydrogen-bond donors (Lipinski definition) is 1. The summed E-state index contributed by atoms with van der Waals surface area (Å²) < 4.78 is 5.00. The Morgan fingerprint density at radius 1 is 1.17 bits per heavy atom. The highest BCUT2D eigenvalue weighted by Gasteiger charge is 2.32. The molecule has 3 rings (SSSR count). The molecule has 1 aromatic carbocycles. The molecule has 1 atom stereocenters. The van der Waals surface area contributed by atoms with Crippen molar-refractivity contribution in [2.75, 3.05) is 46.4 Å². The maximum Gasteiger partial charge on any atom is 0.253 e. The molecule has 1 unspecified atom stereocenters. The lowest BCUT2D eigenvalue weighted by Crippen LogP contribution is -2.51. The molecule has 156 valence electrons. The summed E-state index contributed by atoms with van der Waals surface area (Å²) in [7, 11) is 1.63. The number of nitriles is 1.